The van der Waals surface area contributed by atoms with Gasteiger partial charge in [0.15, 0.2) is 0 Å². The number of rotatable bonds is 3. The van der Waals surface area contributed by atoms with Gasteiger partial charge in [-0.1, -0.05) is 17.8 Å². The summed E-state index contributed by atoms with van der Waals surface area (Å²) in [5.74, 6) is -0.706. The lowest BCUT2D eigenvalue weighted by atomic mass is 9.96. The highest BCUT2D eigenvalue weighted by Gasteiger charge is 2.40. The number of carbonyl (C=O) groups is 1. The maximum Gasteiger partial charge on any atom is 0.417 e. The molecule has 1 unspecified atom stereocenters. The number of halogens is 6. The van der Waals surface area contributed by atoms with Crippen LogP contribution in [0.25, 0.3) is 11.3 Å². The molecular weight excluding hydrogens is 410 g/mol. The summed E-state index contributed by atoms with van der Waals surface area (Å²) in [6, 6.07) is 1.35. The highest BCUT2D eigenvalue weighted by molar-refractivity contribution is 8.00. The Labute approximate surface area is 158 Å². The molecule has 1 atom stereocenters. The molecule has 2 heterocycles. The van der Waals surface area contributed by atoms with Gasteiger partial charge in [-0.3, -0.25) is 4.79 Å². The lowest BCUT2D eigenvalue weighted by Gasteiger charge is -2.17. The van der Waals surface area contributed by atoms with Crippen molar-refractivity contribution in [3.05, 3.63) is 34.9 Å². The molecule has 0 saturated heterocycles. The first-order chi connectivity index (χ1) is 12.9. The zero-order valence-corrected chi connectivity index (χ0v) is 14.9. The molecule has 0 radical (unpaired) electrons. The van der Waals surface area contributed by atoms with E-state index in [9.17, 15) is 31.1 Å². The Morgan fingerprint density at radius 2 is 1.86 bits per heavy atom. The zero-order chi connectivity index (χ0) is 20.9. The summed E-state index contributed by atoms with van der Waals surface area (Å²) in [6.07, 6.45) is -10.0. The van der Waals surface area contributed by atoms with Gasteiger partial charge in [0.25, 0.3) is 0 Å². The van der Waals surface area contributed by atoms with Crippen molar-refractivity contribution in [2.45, 2.75) is 29.0 Å². The molecule has 0 fully saturated rings. The number of benzene rings is 1. The maximum atomic E-state index is 13.5. The number of anilines is 1. The van der Waals surface area contributed by atoms with Crippen LogP contribution in [0.4, 0.5) is 32.3 Å². The van der Waals surface area contributed by atoms with Crippen molar-refractivity contribution >= 4 is 23.6 Å². The summed E-state index contributed by atoms with van der Waals surface area (Å²) in [6.45, 7) is 0. The molecular formula is C16H12F6N4OS. The third kappa shape index (κ3) is 3.73. The van der Waals surface area contributed by atoms with Gasteiger partial charge in [-0.05, 0) is 18.6 Å². The summed E-state index contributed by atoms with van der Waals surface area (Å²) < 4.78 is 79.3. The summed E-state index contributed by atoms with van der Waals surface area (Å²) in [5, 5.41) is 2.10. The fourth-order valence-electron chi connectivity index (χ4n) is 2.76. The predicted octanol–water partition coefficient (Wildman–Crippen LogP) is 3.73. The van der Waals surface area contributed by atoms with Crippen molar-refractivity contribution in [3.63, 3.8) is 0 Å². The van der Waals surface area contributed by atoms with E-state index in [4.69, 9.17) is 5.73 Å². The topological polar surface area (TPSA) is 80.9 Å². The van der Waals surface area contributed by atoms with E-state index < -0.39 is 40.2 Å². The Morgan fingerprint density at radius 1 is 1.18 bits per heavy atom. The fourth-order valence-corrected chi connectivity index (χ4v) is 3.86. The van der Waals surface area contributed by atoms with Crippen LogP contribution in [0.5, 0.6) is 0 Å². The molecule has 5 nitrogen and oxygen atoms in total. The Balaban J connectivity index is 2.25. The van der Waals surface area contributed by atoms with Crippen LogP contribution in [0.15, 0.2) is 23.2 Å². The SMILES string of the molecule is CNc1nc2c(c(-c3ccc(C(F)(F)F)cc3C(F)(F)F)n1)CC(C(N)=O)S2. The lowest BCUT2D eigenvalue weighted by molar-refractivity contribution is -0.142. The monoisotopic (exact) mass is 422 g/mol. The van der Waals surface area contributed by atoms with Crippen LogP contribution in [0.2, 0.25) is 0 Å². The number of carbonyl (C=O) groups excluding carboxylic acids is 1. The van der Waals surface area contributed by atoms with E-state index in [-0.39, 0.29) is 34.7 Å². The second-order valence-electron chi connectivity index (χ2n) is 5.90. The Kier molecular flexibility index (Phi) is 4.94. The minimum Gasteiger partial charge on any atom is -0.369 e. The van der Waals surface area contributed by atoms with Gasteiger partial charge in [-0.15, -0.1) is 0 Å². The molecule has 1 aliphatic rings. The standard InChI is InChI=1S/C16H12F6N4OS/c1-24-14-25-11(8-5-10(12(23)27)28-13(8)26-14)7-3-2-6(15(17,18)19)4-9(7)16(20,21)22/h2-4,10H,5H2,1H3,(H2,23,27)(H,24,25,26). The zero-order valence-electron chi connectivity index (χ0n) is 14.1. The number of aromatic nitrogens is 2. The van der Waals surface area contributed by atoms with Crippen LogP contribution in [-0.4, -0.2) is 28.2 Å². The van der Waals surface area contributed by atoms with Gasteiger partial charge in [0.05, 0.1) is 22.1 Å². The summed E-state index contributed by atoms with van der Waals surface area (Å²) >= 11 is 0.976. The van der Waals surface area contributed by atoms with Crippen LogP contribution in [0, 0.1) is 0 Å². The molecule has 3 rings (SSSR count). The van der Waals surface area contributed by atoms with E-state index in [0.717, 1.165) is 17.8 Å². The van der Waals surface area contributed by atoms with Crippen LogP contribution < -0.4 is 11.1 Å². The molecule has 1 aliphatic heterocycles. The summed E-state index contributed by atoms with van der Waals surface area (Å²) in [7, 11) is 1.44. The average Bonchev–Trinajstić information content (AvgIpc) is 3.03. The summed E-state index contributed by atoms with van der Waals surface area (Å²) in [4.78, 5) is 19.6. The van der Waals surface area contributed by atoms with Crippen molar-refractivity contribution in [2.75, 3.05) is 12.4 Å². The van der Waals surface area contributed by atoms with Crippen LogP contribution in [0.1, 0.15) is 16.7 Å². The first kappa shape index (κ1) is 20.2. The summed E-state index contributed by atoms with van der Waals surface area (Å²) in [5.41, 5.74) is 1.90. The number of fused-ring (bicyclic) bond motifs is 1. The number of thioether (sulfide) groups is 1. The predicted molar refractivity (Wildman–Crippen MR) is 89.6 cm³/mol. The second-order valence-corrected chi connectivity index (χ2v) is 7.09. The van der Waals surface area contributed by atoms with E-state index in [1.165, 1.54) is 7.05 Å². The van der Waals surface area contributed by atoms with Crippen LogP contribution in [0.3, 0.4) is 0 Å². The number of alkyl halides is 6. The molecule has 12 heteroatoms. The largest absolute Gasteiger partial charge is 0.417 e. The van der Waals surface area contributed by atoms with Crippen molar-refractivity contribution in [3.8, 4) is 11.3 Å². The van der Waals surface area contributed by atoms with E-state index in [2.05, 4.69) is 15.3 Å². The minimum absolute atomic E-state index is 0.0209. The van der Waals surface area contributed by atoms with Gasteiger partial charge >= 0.3 is 12.4 Å². The number of nitrogens with two attached hydrogens (primary N) is 1. The van der Waals surface area contributed by atoms with Gasteiger partial charge in [0.1, 0.15) is 5.03 Å². The number of primary amides is 1. The highest BCUT2D eigenvalue weighted by Crippen LogP contribution is 2.45. The van der Waals surface area contributed by atoms with E-state index in [0.29, 0.717) is 6.07 Å². The fraction of sp³-hybridized carbons (Fsp3) is 0.312. The van der Waals surface area contributed by atoms with E-state index in [1.54, 1.807) is 0 Å². The third-order valence-corrected chi connectivity index (χ3v) is 5.31. The molecule has 28 heavy (non-hydrogen) atoms. The normalized spacial score (nSPS) is 16.8. The molecule has 2 aromatic rings. The van der Waals surface area contributed by atoms with E-state index >= 15 is 0 Å². The van der Waals surface area contributed by atoms with Gasteiger partial charge < -0.3 is 11.1 Å². The van der Waals surface area contributed by atoms with Crippen molar-refractivity contribution in [1.29, 1.82) is 0 Å². The first-order valence-electron chi connectivity index (χ1n) is 7.75. The number of nitrogens with zero attached hydrogens (tertiary/aromatic N) is 2. The lowest BCUT2D eigenvalue weighted by Crippen LogP contribution is -2.25. The molecule has 1 aromatic carbocycles. The quantitative estimate of drug-likeness (QED) is 0.582. The number of hydrogen-bond acceptors (Lipinski definition) is 5. The first-order valence-corrected chi connectivity index (χ1v) is 8.63. The van der Waals surface area contributed by atoms with Gasteiger partial charge in [0, 0.05) is 18.2 Å². The maximum absolute atomic E-state index is 13.5. The van der Waals surface area contributed by atoms with Crippen molar-refractivity contribution < 1.29 is 31.1 Å². The van der Waals surface area contributed by atoms with Gasteiger partial charge in [0.2, 0.25) is 11.9 Å². The van der Waals surface area contributed by atoms with Crippen LogP contribution in [-0.2, 0) is 23.6 Å². The molecule has 150 valence electrons. The molecule has 0 saturated carbocycles. The van der Waals surface area contributed by atoms with Crippen LogP contribution >= 0.6 is 11.8 Å². The Bertz CT molecular complexity index is 944. The highest BCUT2D eigenvalue weighted by atomic mass is 32.2. The van der Waals surface area contributed by atoms with Gasteiger partial charge in [-0.2, -0.15) is 26.3 Å². The number of nitrogens with one attached hydrogen (secondary N) is 1. The third-order valence-electron chi connectivity index (χ3n) is 4.06. The van der Waals surface area contributed by atoms with Gasteiger partial charge in [-0.25, -0.2) is 9.97 Å². The van der Waals surface area contributed by atoms with Crippen molar-refractivity contribution in [1.82, 2.24) is 9.97 Å². The number of amides is 1. The minimum atomic E-state index is -5.05. The molecule has 1 aromatic heterocycles. The number of hydrogen-bond donors (Lipinski definition) is 2. The molecule has 0 bridgehead atoms. The molecule has 3 N–H and O–H groups in total. The van der Waals surface area contributed by atoms with E-state index in [1.807, 2.05) is 0 Å². The molecule has 0 aliphatic carbocycles. The molecule has 0 spiro atoms. The van der Waals surface area contributed by atoms with Crippen molar-refractivity contribution in [2.24, 2.45) is 5.73 Å². The second kappa shape index (κ2) is 6.83. The average molecular weight is 422 g/mol. The smallest absolute Gasteiger partial charge is 0.369 e. The Morgan fingerprint density at radius 3 is 2.39 bits per heavy atom. The molecule has 1 amide bonds. The Hall–Kier alpha value is -2.50.